The van der Waals surface area contributed by atoms with E-state index in [0.717, 1.165) is 0 Å². The SMILES string of the molecule is c1ccc(C23CCCCC2=c2sccc2=N3)cc1. The molecule has 2 aliphatic rings. The first-order chi connectivity index (χ1) is 8.90. The summed E-state index contributed by atoms with van der Waals surface area (Å²) in [5, 5.41) is 3.39. The molecule has 1 aromatic carbocycles. The molecule has 1 nitrogen and oxygen atoms in total. The zero-order chi connectivity index (χ0) is 12.0. The van der Waals surface area contributed by atoms with Crippen molar-refractivity contribution in [2.24, 2.45) is 4.99 Å². The first kappa shape index (κ1) is 10.5. The second-order valence-corrected chi connectivity index (χ2v) is 6.07. The molecule has 0 N–H and O–H groups in total. The van der Waals surface area contributed by atoms with E-state index in [2.05, 4.69) is 41.8 Å². The minimum Gasteiger partial charge on any atom is -0.268 e. The van der Waals surface area contributed by atoms with Gasteiger partial charge in [0, 0.05) is 0 Å². The van der Waals surface area contributed by atoms with E-state index in [-0.39, 0.29) is 5.54 Å². The van der Waals surface area contributed by atoms with Crippen LogP contribution in [0.15, 0.2) is 46.8 Å². The number of benzene rings is 1. The lowest BCUT2D eigenvalue weighted by molar-refractivity contribution is 0.446. The maximum Gasteiger partial charge on any atom is 0.109 e. The van der Waals surface area contributed by atoms with E-state index >= 15 is 0 Å². The van der Waals surface area contributed by atoms with Crippen molar-refractivity contribution in [3.05, 3.63) is 57.2 Å². The first-order valence-electron chi connectivity index (χ1n) is 6.63. The average Bonchev–Trinajstić information content (AvgIpc) is 2.98. The van der Waals surface area contributed by atoms with Gasteiger partial charge in [0.1, 0.15) is 5.54 Å². The molecule has 1 aliphatic carbocycles. The van der Waals surface area contributed by atoms with Gasteiger partial charge in [-0.25, -0.2) is 0 Å². The van der Waals surface area contributed by atoms with E-state index in [9.17, 15) is 0 Å². The Bertz CT molecular complexity index is 698. The van der Waals surface area contributed by atoms with Gasteiger partial charge in [0.05, 0.1) is 9.89 Å². The molecular weight excluding hydrogens is 238 g/mol. The van der Waals surface area contributed by atoms with Gasteiger partial charge < -0.3 is 0 Å². The number of fused-ring (bicyclic) bond motifs is 2. The first-order valence-corrected chi connectivity index (χ1v) is 7.51. The summed E-state index contributed by atoms with van der Waals surface area (Å²) < 4.78 is 1.44. The Morgan fingerprint density at radius 3 is 2.83 bits per heavy atom. The Labute approximate surface area is 111 Å². The summed E-state index contributed by atoms with van der Waals surface area (Å²) in [6.07, 6.45) is 4.99. The second-order valence-electron chi connectivity index (χ2n) is 5.16. The lowest BCUT2D eigenvalue weighted by atomic mass is 9.74. The van der Waals surface area contributed by atoms with Crippen molar-refractivity contribution in [1.29, 1.82) is 0 Å². The van der Waals surface area contributed by atoms with Crippen LogP contribution in [0.2, 0.25) is 0 Å². The molecular formula is C16H15NS. The average molecular weight is 253 g/mol. The molecule has 1 atom stereocenters. The summed E-state index contributed by atoms with van der Waals surface area (Å²) in [6, 6.07) is 13.0. The van der Waals surface area contributed by atoms with Crippen molar-refractivity contribution in [3.8, 4) is 0 Å². The fourth-order valence-corrected chi connectivity index (χ4v) is 4.36. The standard InChI is InChI=1S/C16H15NS/c1-2-6-12(7-3-1)16-10-5-4-8-13(16)15-14(17-16)9-11-18-15/h1-3,6-7,9,11H,4-5,8,10H2. The summed E-state index contributed by atoms with van der Waals surface area (Å²) in [7, 11) is 0. The van der Waals surface area contributed by atoms with Crippen LogP contribution in [0.5, 0.6) is 0 Å². The normalized spacial score (nSPS) is 25.4. The molecule has 0 spiro atoms. The highest BCUT2D eigenvalue weighted by Gasteiger charge is 2.40. The van der Waals surface area contributed by atoms with Crippen LogP contribution in [-0.2, 0) is 5.54 Å². The minimum atomic E-state index is -0.0259. The van der Waals surface area contributed by atoms with Gasteiger partial charge in [-0.2, -0.15) is 0 Å². The molecule has 2 heterocycles. The smallest absolute Gasteiger partial charge is 0.109 e. The number of rotatable bonds is 1. The Hall–Kier alpha value is -1.41. The highest BCUT2D eigenvalue weighted by atomic mass is 32.1. The van der Waals surface area contributed by atoms with Crippen molar-refractivity contribution in [3.63, 3.8) is 0 Å². The molecule has 1 saturated carbocycles. The Morgan fingerprint density at radius 2 is 1.94 bits per heavy atom. The van der Waals surface area contributed by atoms with Crippen LogP contribution >= 0.6 is 11.3 Å². The van der Waals surface area contributed by atoms with Crippen LogP contribution in [0, 0.1) is 0 Å². The monoisotopic (exact) mass is 253 g/mol. The van der Waals surface area contributed by atoms with Crippen LogP contribution in [0.25, 0.3) is 5.57 Å². The molecule has 1 fully saturated rings. The maximum absolute atomic E-state index is 5.11. The second kappa shape index (κ2) is 3.79. The van der Waals surface area contributed by atoms with E-state index in [1.54, 1.807) is 5.57 Å². The topological polar surface area (TPSA) is 12.4 Å². The molecule has 18 heavy (non-hydrogen) atoms. The van der Waals surface area contributed by atoms with Gasteiger partial charge in [0.15, 0.2) is 0 Å². The molecule has 2 heteroatoms. The van der Waals surface area contributed by atoms with E-state index < -0.39 is 0 Å². The van der Waals surface area contributed by atoms with E-state index in [1.807, 2.05) is 11.3 Å². The Kier molecular flexibility index (Phi) is 2.21. The fraction of sp³-hybridized carbons (Fsp3) is 0.312. The van der Waals surface area contributed by atoms with Crippen LogP contribution in [0.1, 0.15) is 31.2 Å². The van der Waals surface area contributed by atoms with Gasteiger partial charge in [-0.3, -0.25) is 4.99 Å². The number of thiophene rings is 1. The van der Waals surface area contributed by atoms with Crippen LogP contribution in [0.4, 0.5) is 0 Å². The van der Waals surface area contributed by atoms with Crippen LogP contribution in [0.3, 0.4) is 0 Å². The van der Waals surface area contributed by atoms with Gasteiger partial charge in [-0.05, 0) is 41.8 Å². The highest BCUT2D eigenvalue weighted by Crippen LogP contribution is 2.46. The molecule has 0 radical (unpaired) electrons. The molecule has 4 rings (SSSR count). The van der Waals surface area contributed by atoms with Crippen molar-refractivity contribution >= 4 is 16.9 Å². The zero-order valence-electron chi connectivity index (χ0n) is 10.2. The quantitative estimate of drug-likeness (QED) is 0.741. The molecule has 0 bridgehead atoms. The summed E-state index contributed by atoms with van der Waals surface area (Å²) in [4.78, 5) is 5.11. The van der Waals surface area contributed by atoms with Gasteiger partial charge in [-0.1, -0.05) is 36.8 Å². The molecule has 1 unspecified atom stereocenters. The maximum atomic E-state index is 5.11. The lowest BCUT2D eigenvalue weighted by Crippen LogP contribution is -2.28. The third-order valence-corrected chi connectivity index (χ3v) is 5.16. The number of hydrogen-bond acceptors (Lipinski definition) is 2. The van der Waals surface area contributed by atoms with Gasteiger partial charge >= 0.3 is 0 Å². The van der Waals surface area contributed by atoms with Gasteiger partial charge in [-0.15, -0.1) is 11.3 Å². The largest absolute Gasteiger partial charge is 0.268 e. The van der Waals surface area contributed by atoms with Crippen molar-refractivity contribution in [1.82, 2.24) is 0 Å². The van der Waals surface area contributed by atoms with Crippen molar-refractivity contribution in [2.45, 2.75) is 31.2 Å². The number of nitrogens with zero attached hydrogens (tertiary/aromatic N) is 1. The Morgan fingerprint density at radius 1 is 1.06 bits per heavy atom. The van der Waals surface area contributed by atoms with Gasteiger partial charge in [0.2, 0.25) is 0 Å². The predicted molar refractivity (Wildman–Crippen MR) is 75.1 cm³/mol. The lowest BCUT2D eigenvalue weighted by Gasteiger charge is -2.34. The third-order valence-electron chi connectivity index (χ3n) is 4.20. The molecule has 90 valence electrons. The van der Waals surface area contributed by atoms with E-state index in [1.165, 1.54) is 41.1 Å². The third kappa shape index (κ3) is 1.30. The zero-order valence-corrected chi connectivity index (χ0v) is 11.0. The molecule has 1 aromatic heterocycles. The van der Waals surface area contributed by atoms with Crippen LogP contribution in [-0.4, -0.2) is 0 Å². The Balaban J connectivity index is 2.02. The minimum absolute atomic E-state index is 0.0259. The van der Waals surface area contributed by atoms with Crippen LogP contribution < -0.4 is 9.89 Å². The summed E-state index contributed by atoms with van der Waals surface area (Å²) >= 11 is 1.86. The summed E-state index contributed by atoms with van der Waals surface area (Å²) in [5.74, 6) is 0. The molecule has 0 amide bonds. The number of hydrogen-bond donors (Lipinski definition) is 0. The van der Waals surface area contributed by atoms with Crippen molar-refractivity contribution in [2.75, 3.05) is 0 Å². The highest BCUT2D eigenvalue weighted by molar-refractivity contribution is 7.07. The van der Waals surface area contributed by atoms with Gasteiger partial charge in [0.25, 0.3) is 0 Å². The fourth-order valence-electron chi connectivity index (χ4n) is 3.38. The van der Waals surface area contributed by atoms with E-state index in [4.69, 9.17) is 4.99 Å². The molecule has 2 aromatic rings. The predicted octanol–water partition coefficient (Wildman–Crippen LogP) is 3.00. The molecule has 1 aliphatic heterocycles. The van der Waals surface area contributed by atoms with Crippen molar-refractivity contribution < 1.29 is 0 Å². The van der Waals surface area contributed by atoms with E-state index in [0.29, 0.717) is 0 Å². The summed E-state index contributed by atoms with van der Waals surface area (Å²) in [5.41, 5.74) is 2.93. The summed E-state index contributed by atoms with van der Waals surface area (Å²) in [6.45, 7) is 0. The molecule has 0 saturated heterocycles.